The van der Waals surface area contributed by atoms with Crippen molar-refractivity contribution in [2.24, 2.45) is 0 Å². The Morgan fingerprint density at radius 3 is 2.56 bits per heavy atom. The fourth-order valence-corrected chi connectivity index (χ4v) is 2.43. The van der Waals surface area contributed by atoms with Gasteiger partial charge >= 0.3 is 0 Å². The molecular weight excluding hydrogens is 336 g/mol. The molecule has 0 aromatic heterocycles. The molecule has 1 amide bonds. The summed E-state index contributed by atoms with van der Waals surface area (Å²) in [6.45, 7) is 4.10. The Kier molecular flexibility index (Phi) is 9.03. The number of hydrogen-bond donors (Lipinski definition) is 1. The minimum atomic E-state index is 0. The average molecular weight is 363 g/mol. The van der Waals surface area contributed by atoms with Crippen LogP contribution in [0.15, 0.2) is 48.5 Å². The van der Waals surface area contributed by atoms with E-state index in [1.807, 2.05) is 44.4 Å². The van der Waals surface area contributed by atoms with E-state index in [0.29, 0.717) is 19.6 Å². The number of carbonyl (C=O) groups excluding carboxylic acids is 1. The van der Waals surface area contributed by atoms with Crippen LogP contribution in [0.3, 0.4) is 0 Å². The van der Waals surface area contributed by atoms with Gasteiger partial charge < -0.3 is 15.0 Å². The molecular formula is C20H27ClN2O2. The highest BCUT2D eigenvalue weighted by molar-refractivity contribution is 5.85. The average Bonchev–Trinajstić information content (AvgIpc) is 2.58. The van der Waals surface area contributed by atoms with Gasteiger partial charge in [-0.3, -0.25) is 4.79 Å². The summed E-state index contributed by atoms with van der Waals surface area (Å²) < 4.78 is 5.86. The van der Waals surface area contributed by atoms with Crippen molar-refractivity contribution in [2.75, 3.05) is 27.2 Å². The Labute approximate surface area is 156 Å². The molecule has 25 heavy (non-hydrogen) atoms. The van der Waals surface area contributed by atoms with Crippen LogP contribution < -0.4 is 10.1 Å². The first-order valence-electron chi connectivity index (χ1n) is 8.24. The van der Waals surface area contributed by atoms with Gasteiger partial charge in [-0.05, 0) is 37.2 Å². The lowest BCUT2D eigenvalue weighted by atomic mass is 10.1. The van der Waals surface area contributed by atoms with Crippen molar-refractivity contribution < 1.29 is 9.53 Å². The van der Waals surface area contributed by atoms with Crippen molar-refractivity contribution in [2.45, 2.75) is 20.0 Å². The Morgan fingerprint density at radius 2 is 1.84 bits per heavy atom. The standard InChI is InChI=1S/C20H26N2O2.ClH/c1-16-6-4-8-18(12-16)15-24-19-9-5-7-17(13-19)14-20(23)22(3)11-10-21-2;/h4-9,12-13,21H,10-11,14-15H2,1-3H3;1H. The summed E-state index contributed by atoms with van der Waals surface area (Å²) in [5.41, 5.74) is 3.33. The lowest BCUT2D eigenvalue weighted by Gasteiger charge is -2.17. The summed E-state index contributed by atoms with van der Waals surface area (Å²) in [7, 11) is 3.71. The van der Waals surface area contributed by atoms with Crippen molar-refractivity contribution in [3.8, 4) is 5.75 Å². The summed E-state index contributed by atoms with van der Waals surface area (Å²) in [5, 5.41) is 3.05. The monoisotopic (exact) mass is 362 g/mol. The van der Waals surface area contributed by atoms with Gasteiger partial charge in [0.05, 0.1) is 6.42 Å². The van der Waals surface area contributed by atoms with Gasteiger partial charge in [0.2, 0.25) is 5.91 Å². The maximum Gasteiger partial charge on any atom is 0.226 e. The fraction of sp³-hybridized carbons (Fsp3) is 0.350. The molecule has 5 heteroatoms. The number of likely N-dealkylation sites (N-methyl/N-ethyl adjacent to an activating group) is 2. The molecule has 2 aromatic rings. The van der Waals surface area contributed by atoms with Crippen LogP contribution in [0.2, 0.25) is 0 Å². The van der Waals surface area contributed by atoms with Gasteiger partial charge in [0, 0.05) is 20.1 Å². The summed E-state index contributed by atoms with van der Waals surface area (Å²) in [5.74, 6) is 0.903. The van der Waals surface area contributed by atoms with Crippen LogP contribution in [0, 0.1) is 6.92 Å². The van der Waals surface area contributed by atoms with Crippen molar-refractivity contribution in [3.05, 3.63) is 65.2 Å². The van der Waals surface area contributed by atoms with Crippen LogP contribution in [0.5, 0.6) is 5.75 Å². The van der Waals surface area contributed by atoms with E-state index in [0.717, 1.165) is 23.4 Å². The second kappa shape index (κ2) is 10.7. The molecule has 0 saturated carbocycles. The number of amides is 1. The van der Waals surface area contributed by atoms with Crippen molar-refractivity contribution in [3.63, 3.8) is 0 Å². The SMILES string of the molecule is CNCCN(C)C(=O)Cc1cccc(OCc2cccc(C)c2)c1.Cl. The zero-order chi connectivity index (χ0) is 17.4. The first kappa shape index (κ1) is 21.0. The Balaban J connectivity index is 0.00000312. The largest absolute Gasteiger partial charge is 0.489 e. The third-order valence-electron chi connectivity index (χ3n) is 3.86. The van der Waals surface area contributed by atoms with Crippen LogP contribution >= 0.6 is 12.4 Å². The molecule has 0 aliphatic rings. The van der Waals surface area contributed by atoms with Gasteiger partial charge in [-0.15, -0.1) is 12.4 Å². The van der Waals surface area contributed by atoms with E-state index in [-0.39, 0.29) is 18.3 Å². The molecule has 0 heterocycles. The third-order valence-corrected chi connectivity index (χ3v) is 3.86. The van der Waals surface area contributed by atoms with E-state index in [4.69, 9.17) is 4.74 Å². The third kappa shape index (κ3) is 7.16. The van der Waals surface area contributed by atoms with Crippen LogP contribution in [-0.4, -0.2) is 38.0 Å². The quantitative estimate of drug-likeness (QED) is 0.784. The fourth-order valence-electron chi connectivity index (χ4n) is 2.43. The molecule has 2 aromatic carbocycles. The van der Waals surface area contributed by atoms with E-state index in [2.05, 4.69) is 30.4 Å². The normalized spacial score (nSPS) is 10.0. The highest BCUT2D eigenvalue weighted by Crippen LogP contribution is 2.16. The number of rotatable bonds is 8. The number of ether oxygens (including phenoxy) is 1. The smallest absolute Gasteiger partial charge is 0.226 e. The van der Waals surface area contributed by atoms with Gasteiger partial charge in [0.15, 0.2) is 0 Å². The molecule has 2 rings (SSSR count). The molecule has 0 unspecified atom stereocenters. The Morgan fingerprint density at radius 1 is 1.12 bits per heavy atom. The minimum absolute atomic E-state index is 0. The highest BCUT2D eigenvalue weighted by Gasteiger charge is 2.09. The molecule has 0 atom stereocenters. The number of carbonyl (C=O) groups is 1. The lowest BCUT2D eigenvalue weighted by Crippen LogP contribution is -2.33. The van der Waals surface area contributed by atoms with Crippen LogP contribution in [0.1, 0.15) is 16.7 Å². The van der Waals surface area contributed by atoms with Crippen LogP contribution in [0.4, 0.5) is 0 Å². The summed E-state index contributed by atoms with van der Waals surface area (Å²) >= 11 is 0. The number of nitrogens with one attached hydrogen (secondary N) is 1. The molecule has 0 bridgehead atoms. The molecule has 136 valence electrons. The van der Waals surface area contributed by atoms with Crippen LogP contribution in [-0.2, 0) is 17.8 Å². The summed E-state index contributed by atoms with van der Waals surface area (Å²) in [4.78, 5) is 14.0. The second-order valence-corrected chi connectivity index (χ2v) is 6.02. The van der Waals surface area contributed by atoms with Gasteiger partial charge in [-0.25, -0.2) is 0 Å². The number of benzene rings is 2. The van der Waals surface area contributed by atoms with Gasteiger partial charge in [-0.1, -0.05) is 42.0 Å². The van der Waals surface area contributed by atoms with Gasteiger partial charge in [0.25, 0.3) is 0 Å². The van der Waals surface area contributed by atoms with Crippen LogP contribution in [0.25, 0.3) is 0 Å². The van der Waals surface area contributed by atoms with E-state index in [9.17, 15) is 4.79 Å². The number of aryl methyl sites for hydroxylation is 1. The molecule has 4 nitrogen and oxygen atoms in total. The number of nitrogens with zero attached hydrogens (tertiary/aromatic N) is 1. The number of halogens is 1. The highest BCUT2D eigenvalue weighted by atomic mass is 35.5. The lowest BCUT2D eigenvalue weighted by molar-refractivity contribution is -0.129. The molecule has 0 fully saturated rings. The topological polar surface area (TPSA) is 41.6 Å². The Bertz CT molecular complexity index is 676. The van der Waals surface area contributed by atoms with E-state index in [1.54, 1.807) is 4.90 Å². The predicted octanol–water partition coefficient (Wildman–Crippen LogP) is 3.22. The zero-order valence-electron chi connectivity index (χ0n) is 15.1. The summed E-state index contributed by atoms with van der Waals surface area (Å²) in [6, 6.07) is 16.0. The van der Waals surface area contributed by atoms with Crippen molar-refractivity contribution in [1.82, 2.24) is 10.2 Å². The maximum atomic E-state index is 12.2. The maximum absolute atomic E-state index is 12.2. The first-order valence-corrected chi connectivity index (χ1v) is 8.24. The van der Waals surface area contributed by atoms with E-state index in [1.165, 1.54) is 5.56 Å². The molecule has 0 spiro atoms. The zero-order valence-corrected chi connectivity index (χ0v) is 15.9. The van der Waals surface area contributed by atoms with Gasteiger partial charge in [-0.2, -0.15) is 0 Å². The molecule has 0 aliphatic heterocycles. The minimum Gasteiger partial charge on any atom is -0.489 e. The van der Waals surface area contributed by atoms with Gasteiger partial charge in [0.1, 0.15) is 12.4 Å². The Hall–Kier alpha value is -2.04. The van der Waals surface area contributed by atoms with Crippen molar-refractivity contribution >= 4 is 18.3 Å². The molecule has 0 saturated heterocycles. The second-order valence-electron chi connectivity index (χ2n) is 6.02. The van der Waals surface area contributed by atoms with E-state index >= 15 is 0 Å². The molecule has 0 aliphatic carbocycles. The number of hydrogen-bond acceptors (Lipinski definition) is 3. The van der Waals surface area contributed by atoms with Crippen molar-refractivity contribution in [1.29, 1.82) is 0 Å². The first-order chi connectivity index (χ1) is 11.6. The molecule has 0 radical (unpaired) electrons. The van der Waals surface area contributed by atoms with E-state index < -0.39 is 0 Å². The summed E-state index contributed by atoms with van der Waals surface area (Å²) in [6.07, 6.45) is 0.391. The molecule has 1 N–H and O–H groups in total. The predicted molar refractivity (Wildman–Crippen MR) is 104 cm³/mol.